The minimum absolute atomic E-state index is 0.0263. The summed E-state index contributed by atoms with van der Waals surface area (Å²) in [6.07, 6.45) is 9.00. The predicted molar refractivity (Wildman–Crippen MR) is 130 cm³/mol. The summed E-state index contributed by atoms with van der Waals surface area (Å²) in [6, 6.07) is 15.3. The molecule has 0 atom stereocenters. The molecule has 0 unspecified atom stereocenters. The van der Waals surface area contributed by atoms with E-state index in [4.69, 9.17) is 0 Å². The Morgan fingerprint density at radius 2 is 1.55 bits per heavy atom. The first kappa shape index (κ1) is 23.0. The van der Waals surface area contributed by atoms with Crippen molar-refractivity contribution in [3.8, 4) is 0 Å². The highest BCUT2D eigenvalue weighted by atomic mass is 16.2. The van der Waals surface area contributed by atoms with Crippen molar-refractivity contribution in [2.45, 2.75) is 70.3 Å². The zero-order valence-corrected chi connectivity index (χ0v) is 19.1. The van der Waals surface area contributed by atoms with Gasteiger partial charge >= 0.3 is 0 Å². The number of carbonyl (C=O) groups excluding carboxylic acids is 3. The van der Waals surface area contributed by atoms with Crippen LogP contribution in [0.2, 0.25) is 0 Å². The van der Waals surface area contributed by atoms with Gasteiger partial charge in [-0.25, -0.2) is 0 Å². The molecule has 2 aromatic rings. The summed E-state index contributed by atoms with van der Waals surface area (Å²) >= 11 is 0. The van der Waals surface area contributed by atoms with Crippen molar-refractivity contribution >= 4 is 29.1 Å². The molecule has 1 aliphatic carbocycles. The Morgan fingerprint density at radius 3 is 2.33 bits per heavy atom. The third-order valence-electron chi connectivity index (χ3n) is 6.57. The first-order chi connectivity index (χ1) is 16.1. The molecule has 6 heteroatoms. The van der Waals surface area contributed by atoms with E-state index in [1.807, 2.05) is 23.1 Å². The molecular formula is C27H33N3O3. The Balaban J connectivity index is 1.29. The van der Waals surface area contributed by atoms with E-state index in [1.165, 1.54) is 12.0 Å². The van der Waals surface area contributed by atoms with Crippen LogP contribution in [0.1, 0.15) is 73.7 Å². The largest absolute Gasteiger partial charge is 0.353 e. The van der Waals surface area contributed by atoms with Crippen LogP contribution in [-0.4, -0.2) is 30.3 Å². The lowest BCUT2D eigenvalue weighted by Crippen LogP contribution is -2.36. The third kappa shape index (κ3) is 6.21. The molecule has 33 heavy (non-hydrogen) atoms. The van der Waals surface area contributed by atoms with Crippen LogP contribution in [0.4, 0.5) is 11.4 Å². The van der Waals surface area contributed by atoms with Crippen LogP contribution in [-0.2, 0) is 16.0 Å². The first-order valence-corrected chi connectivity index (χ1v) is 12.2. The number of carbonyl (C=O) groups is 3. The van der Waals surface area contributed by atoms with E-state index >= 15 is 0 Å². The molecule has 6 nitrogen and oxygen atoms in total. The van der Waals surface area contributed by atoms with E-state index < -0.39 is 0 Å². The van der Waals surface area contributed by atoms with Crippen LogP contribution in [0.5, 0.6) is 0 Å². The molecule has 4 rings (SSSR count). The topological polar surface area (TPSA) is 78.5 Å². The van der Waals surface area contributed by atoms with Crippen LogP contribution in [0.15, 0.2) is 48.5 Å². The quantitative estimate of drug-likeness (QED) is 0.665. The molecule has 2 N–H and O–H groups in total. The molecule has 174 valence electrons. The van der Waals surface area contributed by atoms with Gasteiger partial charge in [0.2, 0.25) is 11.8 Å². The zero-order chi connectivity index (χ0) is 23.0. The molecule has 2 aliphatic rings. The summed E-state index contributed by atoms with van der Waals surface area (Å²) in [6.45, 7) is 0.706. The van der Waals surface area contributed by atoms with Crippen LogP contribution < -0.4 is 15.5 Å². The number of fused-ring (bicyclic) bond motifs is 1. The van der Waals surface area contributed by atoms with Crippen molar-refractivity contribution in [3.63, 3.8) is 0 Å². The second-order valence-electron chi connectivity index (χ2n) is 9.07. The molecule has 1 aliphatic heterocycles. The van der Waals surface area contributed by atoms with Crippen LogP contribution in [0, 0.1) is 0 Å². The Hall–Kier alpha value is -3.15. The maximum absolute atomic E-state index is 13.2. The number of anilines is 2. The number of hydrogen-bond donors (Lipinski definition) is 2. The molecule has 0 bridgehead atoms. The Morgan fingerprint density at radius 1 is 0.818 bits per heavy atom. The van der Waals surface area contributed by atoms with E-state index in [9.17, 15) is 14.4 Å². The van der Waals surface area contributed by atoms with Gasteiger partial charge in [0.25, 0.3) is 5.91 Å². The highest BCUT2D eigenvalue weighted by Gasteiger charge is 2.22. The number of benzene rings is 2. The van der Waals surface area contributed by atoms with E-state index in [1.54, 1.807) is 24.3 Å². The van der Waals surface area contributed by atoms with E-state index in [0.717, 1.165) is 50.6 Å². The Labute approximate surface area is 195 Å². The van der Waals surface area contributed by atoms with Crippen molar-refractivity contribution in [2.75, 3.05) is 16.8 Å². The smallest absolute Gasteiger partial charge is 0.258 e. The van der Waals surface area contributed by atoms with Gasteiger partial charge < -0.3 is 15.5 Å². The lowest BCUT2D eigenvalue weighted by atomic mass is 9.95. The van der Waals surface area contributed by atoms with Gasteiger partial charge in [-0.15, -0.1) is 0 Å². The fourth-order valence-corrected chi connectivity index (χ4v) is 4.75. The van der Waals surface area contributed by atoms with Crippen LogP contribution in [0.25, 0.3) is 0 Å². The van der Waals surface area contributed by atoms with Gasteiger partial charge in [-0.2, -0.15) is 0 Å². The van der Waals surface area contributed by atoms with Gasteiger partial charge in [-0.1, -0.05) is 37.5 Å². The van der Waals surface area contributed by atoms with Gasteiger partial charge in [0.15, 0.2) is 0 Å². The molecule has 0 aromatic heterocycles. The van der Waals surface area contributed by atoms with Gasteiger partial charge in [0.05, 0.1) is 0 Å². The van der Waals surface area contributed by atoms with Crippen molar-refractivity contribution in [3.05, 3.63) is 59.7 Å². The molecule has 0 radical (unpaired) electrons. The van der Waals surface area contributed by atoms with Crippen molar-refractivity contribution in [1.82, 2.24) is 5.32 Å². The second-order valence-corrected chi connectivity index (χ2v) is 9.07. The zero-order valence-electron chi connectivity index (χ0n) is 19.1. The summed E-state index contributed by atoms with van der Waals surface area (Å²) in [5.74, 6) is -0.286. The van der Waals surface area contributed by atoms with E-state index in [2.05, 4.69) is 16.7 Å². The van der Waals surface area contributed by atoms with Crippen molar-refractivity contribution < 1.29 is 14.4 Å². The summed E-state index contributed by atoms with van der Waals surface area (Å²) < 4.78 is 0. The average molecular weight is 448 g/mol. The number of nitrogens with zero attached hydrogens (tertiary/aromatic N) is 1. The van der Waals surface area contributed by atoms with Gasteiger partial charge in [-0.3, -0.25) is 14.4 Å². The molecule has 1 fully saturated rings. The van der Waals surface area contributed by atoms with Gasteiger partial charge in [0, 0.05) is 42.4 Å². The fourth-order valence-electron chi connectivity index (χ4n) is 4.75. The standard InChI is InChI=1S/C27H33N3O3/c31-25(28-22-10-2-1-3-11-22)17-18-26(32)29-23-15-13-21(14-16-23)27(33)30-19-7-6-9-20-8-4-5-12-24(20)30/h4-5,8,12-16,22H,1-3,6-7,9-11,17-19H2,(H,28,31)(H,29,32). The second kappa shape index (κ2) is 11.1. The summed E-state index contributed by atoms with van der Waals surface area (Å²) in [5, 5.41) is 5.87. The normalized spacial score (nSPS) is 16.4. The minimum atomic E-state index is -0.200. The monoisotopic (exact) mass is 447 g/mol. The lowest BCUT2D eigenvalue weighted by Gasteiger charge is -2.23. The molecule has 2 aromatic carbocycles. The number of para-hydroxylation sites is 1. The number of aryl methyl sites for hydroxylation is 1. The number of hydrogen-bond acceptors (Lipinski definition) is 3. The van der Waals surface area contributed by atoms with Gasteiger partial charge in [0.1, 0.15) is 0 Å². The Kier molecular flexibility index (Phi) is 7.76. The molecule has 3 amide bonds. The van der Waals surface area contributed by atoms with Crippen LogP contribution >= 0.6 is 0 Å². The highest BCUT2D eigenvalue weighted by molar-refractivity contribution is 6.07. The molecular weight excluding hydrogens is 414 g/mol. The molecule has 0 spiro atoms. The van der Waals surface area contributed by atoms with Crippen molar-refractivity contribution in [2.24, 2.45) is 0 Å². The SMILES string of the molecule is O=C(CCC(=O)NC1CCCCC1)Nc1ccc(C(=O)N2CCCCc3ccccc32)cc1. The molecule has 1 heterocycles. The van der Waals surface area contributed by atoms with Crippen molar-refractivity contribution in [1.29, 1.82) is 0 Å². The third-order valence-corrected chi connectivity index (χ3v) is 6.57. The number of nitrogens with one attached hydrogen (secondary N) is 2. The number of rotatable bonds is 6. The summed E-state index contributed by atoms with van der Waals surface area (Å²) in [4.78, 5) is 39.4. The fraction of sp³-hybridized carbons (Fsp3) is 0.444. The minimum Gasteiger partial charge on any atom is -0.353 e. The maximum atomic E-state index is 13.2. The number of amides is 3. The average Bonchev–Trinajstić information content (AvgIpc) is 3.06. The van der Waals surface area contributed by atoms with Gasteiger partial charge in [-0.05, 0) is 68.0 Å². The maximum Gasteiger partial charge on any atom is 0.258 e. The predicted octanol–water partition coefficient (Wildman–Crippen LogP) is 4.84. The summed E-state index contributed by atoms with van der Waals surface area (Å²) in [7, 11) is 0. The highest BCUT2D eigenvalue weighted by Crippen LogP contribution is 2.27. The lowest BCUT2D eigenvalue weighted by molar-refractivity contribution is -0.125. The Bertz CT molecular complexity index is 980. The first-order valence-electron chi connectivity index (χ1n) is 12.2. The molecule has 0 saturated heterocycles. The molecule has 1 saturated carbocycles. The van der Waals surface area contributed by atoms with Crippen LogP contribution in [0.3, 0.4) is 0 Å². The van der Waals surface area contributed by atoms with E-state index in [0.29, 0.717) is 17.8 Å². The summed E-state index contributed by atoms with van der Waals surface area (Å²) in [5.41, 5.74) is 3.42. The van der Waals surface area contributed by atoms with E-state index in [-0.39, 0.29) is 36.6 Å².